The lowest BCUT2D eigenvalue weighted by Gasteiger charge is -2.37. The second-order valence-corrected chi connectivity index (χ2v) is 7.28. The summed E-state index contributed by atoms with van der Waals surface area (Å²) in [5.74, 6) is -1.04. The van der Waals surface area contributed by atoms with E-state index in [1.165, 1.54) is 17.4 Å². The zero-order valence-electron chi connectivity index (χ0n) is 14.2. The fourth-order valence-electron chi connectivity index (χ4n) is 3.21. The van der Waals surface area contributed by atoms with Crippen molar-refractivity contribution in [1.29, 1.82) is 0 Å². The first kappa shape index (κ1) is 17.2. The molecule has 1 atom stereocenters. The molecule has 1 aliphatic rings. The number of para-hydroxylation sites is 1. The van der Waals surface area contributed by atoms with Crippen LogP contribution in [-0.2, 0) is 4.79 Å². The highest BCUT2D eigenvalue weighted by Gasteiger charge is 2.33. The molecule has 3 aromatic rings. The van der Waals surface area contributed by atoms with Gasteiger partial charge in [-0.15, -0.1) is 11.3 Å². The molecular weight excluding hydrogens is 365 g/mol. The van der Waals surface area contributed by atoms with Gasteiger partial charge in [0.25, 0.3) is 5.91 Å². The van der Waals surface area contributed by atoms with Crippen LogP contribution in [0.1, 0.15) is 21.4 Å². The minimum atomic E-state index is -0.551. The number of hydrogen-bond acceptors (Lipinski definition) is 4. The molecule has 4 rings (SSSR count). The normalized spacial score (nSPS) is 16.0. The molecule has 0 radical (unpaired) electrons. The summed E-state index contributed by atoms with van der Waals surface area (Å²) in [5, 5.41) is 2.92. The van der Waals surface area contributed by atoms with Crippen LogP contribution in [0.3, 0.4) is 0 Å². The molecule has 2 aromatic carbocycles. The molecule has 1 unspecified atom stereocenters. The van der Waals surface area contributed by atoms with Crippen LogP contribution in [0.15, 0.2) is 60.7 Å². The van der Waals surface area contributed by atoms with E-state index in [4.69, 9.17) is 5.73 Å². The van der Waals surface area contributed by atoms with Crippen molar-refractivity contribution >= 4 is 28.8 Å². The number of hydrogen-bond donors (Lipinski definition) is 2. The summed E-state index contributed by atoms with van der Waals surface area (Å²) >= 11 is 1.37. The minimum absolute atomic E-state index is 0.0467. The second kappa shape index (κ2) is 6.85. The predicted molar refractivity (Wildman–Crippen MR) is 103 cm³/mol. The molecule has 27 heavy (non-hydrogen) atoms. The lowest BCUT2D eigenvalue weighted by atomic mass is 10.1. The molecule has 2 heterocycles. The van der Waals surface area contributed by atoms with Crippen molar-refractivity contribution in [3.05, 3.63) is 76.9 Å². The first-order valence-corrected chi connectivity index (χ1v) is 9.15. The lowest BCUT2D eigenvalue weighted by Crippen LogP contribution is -2.49. The van der Waals surface area contributed by atoms with Gasteiger partial charge in [-0.1, -0.05) is 30.3 Å². The number of carbonyl (C=O) groups excluding carboxylic acids is 2. The van der Waals surface area contributed by atoms with E-state index in [2.05, 4.69) is 5.32 Å². The van der Waals surface area contributed by atoms with Gasteiger partial charge in [-0.05, 0) is 30.3 Å². The van der Waals surface area contributed by atoms with Crippen LogP contribution in [0, 0.1) is 5.82 Å². The number of nitrogens with zero attached hydrogens (tertiary/aromatic N) is 1. The monoisotopic (exact) mass is 381 g/mol. The summed E-state index contributed by atoms with van der Waals surface area (Å²) in [6, 6.07) is 17.2. The average Bonchev–Trinajstić information content (AvgIpc) is 3.14. The van der Waals surface area contributed by atoms with Crippen molar-refractivity contribution in [1.82, 2.24) is 5.32 Å². The summed E-state index contributed by atoms with van der Waals surface area (Å²) in [6.07, 6.45) is -0.551. The maximum absolute atomic E-state index is 14.1. The summed E-state index contributed by atoms with van der Waals surface area (Å²) in [6.45, 7) is -0.0467. The van der Waals surface area contributed by atoms with Gasteiger partial charge in [-0.25, -0.2) is 4.39 Å². The van der Waals surface area contributed by atoms with Gasteiger partial charge in [0.15, 0.2) is 0 Å². The molecule has 3 N–H and O–H groups in total. The number of nitrogens with one attached hydrogen (secondary N) is 1. The van der Waals surface area contributed by atoms with Gasteiger partial charge in [0.05, 0.1) is 17.8 Å². The van der Waals surface area contributed by atoms with Crippen molar-refractivity contribution < 1.29 is 14.0 Å². The summed E-state index contributed by atoms with van der Waals surface area (Å²) in [5.41, 5.74) is 7.06. The van der Waals surface area contributed by atoms with Crippen molar-refractivity contribution in [3.63, 3.8) is 0 Å². The zero-order valence-corrected chi connectivity index (χ0v) is 15.0. The number of rotatable bonds is 4. The zero-order chi connectivity index (χ0) is 19.0. The molecule has 5 nitrogen and oxygen atoms in total. The Morgan fingerprint density at radius 3 is 2.52 bits per heavy atom. The number of nitrogens with two attached hydrogens (primary N) is 1. The molecule has 0 aliphatic carbocycles. The van der Waals surface area contributed by atoms with Gasteiger partial charge in [-0.2, -0.15) is 0 Å². The molecule has 1 aromatic heterocycles. The lowest BCUT2D eigenvalue weighted by molar-refractivity contribution is -0.116. The molecule has 1 aliphatic heterocycles. The van der Waals surface area contributed by atoms with Crippen molar-refractivity contribution in [2.24, 2.45) is 5.73 Å². The standard InChI is InChI=1S/C20H16FN3O2S/c21-14-7-3-1-5-12(14)16-9-10-17(27-16)19-23-20(26)13-6-2-4-8-15(13)24(19)11-18(22)25/h1-10,19H,11H2,(H2,22,25)(H,23,26). The van der Waals surface area contributed by atoms with E-state index in [1.54, 1.807) is 41.3 Å². The number of thiophene rings is 1. The fraction of sp³-hybridized carbons (Fsp3) is 0.100. The molecule has 0 saturated carbocycles. The van der Waals surface area contributed by atoms with Gasteiger partial charge in [-0.3, -0.25) is 9.59 Å². The summed E-state index contributed by atoms with van der Waals surface area (Å²) in [4.78, 5) is 27.4. The number of benzene rings is 2. The van der Waals surface area contributed by atoms with Crippen LogP contribution >= 0.6 is 11.3 Å². The van der Waals surface area contributed by atoms with Crippen molar-refractivity contribution in [2.45, 2.75) is 6.17 Å². The number of halogens is 1. The Kier molecular flexibility index (Phi) is 4.37. The van der Waals surface area contributed by atoms with Crippen molar-refractivity contribution in [2.75, 3.05) is 11.4 Å². The molecule has 0 fully saturated rings. The van der Waals surface area contributed by atoms with E-state index in [0.29, 0.717) is 16.8 Å². The molecule has 0 bridgehead atoms. The molecule has 2 amide bonds. The fourth-order valence-corrected chi connectivity index (χ4v) is 4.31. The molecule has 0 spiro atoms. The van der Waals surface area contributed by atoms with E-state index in [0.717, 1.165) is 9.75 Å². The second-order valence-electron chi connectivity index (χ2n) is 6.17. The van der Waals surface area contributed by atoms with Crippen LogP contribution in [0.5, 0.6) is 0 Å². The number of amides is 2. The van der Waals surface area contributed by atoms with Gasteiger partial charge < -0.3 is 16.0 Å². The van der Waals surface area contributed by atoms with Crippen LogP contribution in [-0.4, -0.2) is 18.4 Å². The van der Waals surface area contributed by atoms with Gasteiger partial charge in [0.1, 0.15) is 12.0 Å². The van der Waals surface area contributed by atoms with Crippen LogP contribution in [0.4, 0.5) is 10.1 Å². The highest BCUT2D eigenvalue weighted by molar-refractivity contribution is 7.15. The van der Waals surface area contributed by atoms with Gasteiger partial charge in [0.2, 0.25) is 5.91 Å². The van der Waals surface area contributed by atoms with E-state index in [9.17, 15) is 14.0 Å². The van der Waals surface area contributed by atoms with E-state index < -0.39 is 12.1 Å². The highest BCUT2D eigenvalue weighted by atomic mass is 32.1. The molecule has 136 valence electrons. The van der Waals surface area contributed by atoms with Crippen LogP contribution < -0.4 is 16.0 Å². The number of fused-ring (bicyclic) bond motifs is 1. The summed E-state index contributed by atoms with van der Waals surface area (Å²) < 4.78 is 14.1. The number of carbonyl (C=O) groups is 2. The largest absolute Gasteiger partial charge is 0.368 e. The third kappa shape index (κ3) is 3.17. The number of anilines is 1. The maximum atomic E-state index is 14.1. The average molecular weight is 381 g/mol. The van der Waals surface area contributed by atoms with Gasteiger partial charge in [0, 0.05) is 15.3 Å². The Morgan fingerprint density at radius 1 is 1.07 bits per heavy atom. The van der Waals surface area contributed by atoms with E-state index in [-0.39, 0.29) is 18.3 Å². The first-order valence-electron chi connectivity index (χ1n) is 8.34. The third-order valence-electron chi connectivity index (χ3n) is 4.40. The minimum Gasteiger partial charge on any atom is -0.368 e. The molecule has 7 heteroatoms. The molecule has 0 saturated heterocycles. The van der Waals surface area contributed by atoms with E-state index >= 15 is 0 Å². The van der Waals surface area contributed by atoms with Gasteiger partial charge >= 0.3 is 0 Å². The highest BCUT2D eigenvalue weighted by Crippen LogP contribution is 2.38. The SMILES string of the molecule is NC(=O)CN1c2ccccc2C(=O)NC1c1ccc(-c2ccccc2F)s1. The van der Waals surface area contributed by atoms with Crippen LogP contribution in [0.25, 0.3) is 10.4 Å². The van der Waals surface area contributed by atoms with Crippen LogP contribution in [0.2, 0.25) is 0 Å². The Morgan fingerprint density at radius 2 is 1.78 bits per heavy atom. The maximum Gasteiger partial charge on any atom is 0.255 e. The quantitative estimate of drug-likeness (QED) is 0.728. The third-order valence-corrected chi connectivity index (χ3v) is 5.57. The Labute approximate surface area is 159 Å². The van der Waals surface area contributed by atoms with Crippen molar-refractivity contribution in [3.8, 4) is 10.4 Å². The topological polar surface area (TPSA) is 75.4 Å². The Bertz CT molecular complexity index is 1030. The number of primary amides is 1. The predicted octanol–water partition coefficient (Wildman–Crippen LogP) is 3.29. The van der Waals surface area contributed by atoms with E-state index in [1.807, 2.05) is 18.2 Å². The Hall–Kier alpha value is -3.19. The first-order chi connectivity index (χ1) is 13.0. The smallest absolute Gasteiger partial charge is 0.255 e. The molecular formula is C20H16FN3O2S. The Balaban J connectivity index is 1.75. The summed E-state index contributed by atoms with van der Waals surface area (Å²) in [7, 11) is 0.